The van der Waals surface area contributed by atoms with Crippen LogP contribution in [0.4, 0.5) is 11.6 Å². The van der Waals surface area contributed by atoms with E-state index >= 15 is 0 Å². The fraction of sp³-hybridized carbons (Fsp3) is 0.474. The van der Waals surface area contributed by atoms with E-state index in [1.54, 1.807) is 0 Å². The van der Waals surface area contributed by atoms with Crippen molar-refractivity contribution in [1.82, 2.24) is 9.97 Å². The fourth-order valence-corrected chi connectivity index (χ4v) is 3.02. The molecule has 1 fully saturated rings. The second-order valence-corrected chi connectivity index (χ2v) is 6.43. The molecular formula is C19H26N4O. The fourth-order valence-electron chi connectivity index (χ4n) is 3.02. The zero-order chi connectivity index (χ0) is 16.8. The Morgan fingerprint density at radius 3 is 2.58 bits per heavy atom. The molecule has 2 heterocycles. The number of hydrogen-bond acceptors (Lipinski definition) is 5. The largest absolute Gasteiger partial charge is 0.364 e. The molecule has 1 aliphatic heterocycles. The van der Waals surface area contributed by atoms with Crippen molar-refractivity contribution in [1.29, 1.82) is 0 Å². The van der Waals surface area contributed by atoms with Crippen molar-refractivity contribution in [2.45, 2.75) is 45.3 Å². The van der Waals surface area contributed by atoms with Crippen LogP contribution < -0.4 is 11.1 Å². The van der Waals surface area contributed by atoms with Crippen molar-refractivity contribution in [3.63, 3.8) is 0 Å². The standard InChI is InChI=1S/C19H26N4O/c1-2-14-12-21-19(22-13-14)23-17-7-5-15(6-8-17)3-4-16-9-10-24-18(20)11-16/h5-8,12-13,16,18H,2-4,9-11,20H2,1H3,(H,21,22,23)/t16?,18-/m0/s1. The third-order valence-electron chi connectivity index (χ3n) is 4.59. The van der Waals surface area contributed by atoms with Crippen molar-refractivity contribution in [3.8, 4) is 0 Å². The number of nitrogens with zero attached hydrogens (tertiary/aromatic N) is 2. The zero-order valence-electron chi connectivity index (χ0n) is 14.2. The van der Waals surface area contributed by atoms with Gasteiger partial charge in [0.2, 0.25) is 5.95 Å². The summed E-state index contributed by atoms with van der Waals surface area (Å²) in [6, 6.07) is 8.51. The topological polar surface area (TPSA) is 73.1 Å². The zero-order valence-corrected chi connectivity index (χ0v) is 14.2. The van der Waals surface area contributed by atoms with E-state index in [9.17, 15) is 0 Å². The lowest BCUT2D eigenvalue weighted by molar-refractivity contribution is -0.00624. The van der Waals surface area contributed by atoms with Crippen LogP contribution in [0.1, 0.15) is 37.3 Å². The Kier molecular flexibility index (Phi) is 5.77. The predicted molar refractivity (Wildman–Crippen MR) is 96.1 cm³/mol. The third-order valence-corrected chi connectivity index (χ3v) is 4.59. The summed E-state index contributed by atoms with van der Waals surface area (Å²) in [5.41, 5.74) is 9.37. The molecule has 0 radical (unpaired) electrons. The van der Waals surface area contributed by atoms with E-state index in [1.807, 2.05) is 12.4 Å². The predicted octanol–water partition coefficient (Wildman–Crippen LogP) is 3.43. The van der Waals surface area contributed by atoms with E-state index in [4.69, 9.17) is 10.5 Å². The minimum Gasteiger partial charge on any atom is -0.364 e. The highest BCUT2D eigenvalue weighted by molar-refractivity contribution is 5.53. The van der Waals surface area contributed by atoms with Crippen LogP contribution in [0.5, 0.6) is 0 Å². The van der Waals surface area contributed by atoms with Crippen LogP contribution in [-0.4, -0.2) is 22.8 Å². The van der Waals surface area contributed by atoms with Gasteiger partial charge in [-0.25, -0.2) is 9.97 Å². The van der Waals surface area contributed by atoms with Crippen LogP contribution in [0, 0.1) is 5.92 Å². The number of nitrogens with two attached hydrogens (primary N) is 1. The summed E-state index contributed by atoms with van der Waals surface area (Å²) >= 11 is 0. The Morgan fingerprint density at radius 2 is 1.92 bits per heavy atom. The van der Waals surface area contributed by atoms with Crippen LogP contribution in [-0.2, 0) is 17.6 Å². The number of ether oxygens (including phenoxy) is 1. The monoisotopic (exact) mass is 326 g/mol. The van der Waals surface area contributed by atoms with Gasteiger partial charge in [0.05, 0.1) is 0 Å². The van der Waals surface area contributed by atoms with Crippen molar-refractivity contribution < 1.29 is 4.74 Å². The average molecular weight is 326 g/mol. The minimum atomic E-state index is -0.0746. The first kappa shape index (κ1) is 16.9. The van der Waals surface area contributed by atoms with Gasteiger partial charge in [0.25, 0.3) is 0 Å². The van der Waals surface area contributed by atoms with E-state index in [-0.39, 0.29) is 6.23 Å². The number of anilines is 2. The molecule has 0 spiro atoms. The molecule has 0 saturated carbocycles. The molecule has 2 aromatic rings. The maximum Gasteiger partial charge on any atom is 0.227 e. The van der Waals surface area contributed by atoms with Crippen molar-refractivity contribution in [2.24, 2.45) is 11.7 Å². The molecule has 1 aliphatic rings. The molecule has 3 rings (SSSR count). The van der Waals surface area contributed by atoms with Crippen LogP contribution in [0.3, 0.4) is 0 Å². The molecule has 5 nitrogen and oxygen atoms in total. The Balaban J connectivity index is 1.51. The highest BCUT2D eigenvalue weighted by atomic mass is 16.5. The highest BCUT2D eigenvalue weighted by Crippen LogP contribution is 2.23. The summed E-state index contributed by atoms with van der Waals surface area (Å²) in [5.74, 6) is 1.31. The summed E-state index contributed by atoms with van der Waals surface area (Å²) in [6.07, 6.45) is 8.96. The maximum absolute atomic E-state index is 5.86. The molecule has 0 amide bonds. The van der Waals surface area contributed by atoms with E-state index in [0.717, 1.165) is 43.5 Å². The van der Waals surface area contributed by atoms with Crippen LogP contribution in [0.15, 0.2) is 36.7 Å². The Bertz CT molecular complexity index is 627. The van der Waals surface area contributed by atoms with Gasteiger partial charge in [-0.15, -0.1) is 0 Å². The lowest BCUT2D eigenvalue weighted by Gasteiger charge is -2.26. The first-order valence-corrected chi connectivity index (χ1v) is 8.77. The first-order valence-electron chi connectivity index (χ1n) is 8.77. The van der Waals surface area contributed by atoms with Gasteiger partial charge in [0, 0.05) is 24.7 Å². The van der Waals surface area contributed by atoms with E-state index in [0.29, 0.717) is 11.9 Å². The molecule has 24 heavy (non-hydrogen) atoms. The molecular weight excluding hydrogens is 300 g/mol. The molecule has 0 aliphatic carbocycles. The van der Waals surface area contributed by atoms with Crippen molar-refractivity contribution >= 4 is 11.6 Å². The van der Waals surface area contributed by atoms with Crippen LogP contribution >= 0.6 is 0 Å². The van der Waals surface area contributed by atoms with Gasteiger partial charge in [-0.2, -0.15) is 0 Å². The van der Waals surface area contributed by atoms with Crippen LogP contribution in [0.25, 0.3) is 0 Å². The summed E-state index contributed by atoms with van der Waals surface area (Å²) in [6.45, 7) is 2.89. The molecule has 0 bridgehead atoms. The smallest absolute Gasteiger partial charge is 0.227 e. The lowest BCUT2D eigenvalue weighted by Crippen LogP contribution is -2.32. The van der Waals surface area contributed by atoms with Gasteiger partial charge in [-0.1, -0.05) is 19.1 Å². The number of rotatable bonds is 6. The Labute approximate surface area is 143 Å². The van der Waals surface area contributed by atoms with Gasteiger partial charge >= 0.3 is 0 Å². The van der Waals surface area contributed by atoms with E-state index in [1.165, 1.54) is 12.0 Å². The molecule has 1 aromatic heterocycles. The van der Waals surface area contributed by atoms with Gasteiger partial charge in [-0.3, -0.25) is 0 Å². The minimum absolute atomic E-state index is 0.0746. The normalized spacial score (nSPS) is 20.8. The molecule has 1 saturated heterocycles. The van der Waals surface area contributed by atoms with Crippen molar-refractivity contribution in [3.05, 3.63) is 47.8 Å². The quantitative estimate of drug-likeness (QED) is 0.851. The average Bonchev–Trinajstić information content (AvgIpc) is 2.62. The number of benzene rings is 1. The Morgan fingerprint density at radius 1 is 1.17 bits per heavy atom. The van der Waals surface area contributed by atoms with Gasteiger partial charge in [-0.05, 0) is 61.3 Å². The summed E-state index contributed by atoms with van der Waals surface area (Å²) < 4.78 is 5.40. The summed E-state index contributed by atoms with van der Waals surface area (Å²) in [7, 11) is 0. The first-order chi connectivity index (χ1) is 11.7. The molecule has 5 heteroatoms. The maximum atomic E-state index is 5.86. The van der Waals surface area contributed by atoms with E-state index in [2.05, 4.69) is 46.5 Å². The summed E-state index contributed by atoms with van der Waals surface area (Å²) in [5, 5.41) is 3.24. The van der Waals surface area contributed by atoms with Gasteiger partial charge < -0.3 is 15.8 Å². The molecule has 3 N–H and O–H groups in total. The molecule has 2 atom stereocenters. The second-order valence-electron chi connectivity index (χ2n) is 6.43. The number of aryl methyl sites for hydroxylation is 2. The lowest BCUT2D eigenvalue weighted by atomic mass is 9.92. The second kappa shape index (κ2) is 8.22. The van der Waals surface area contributed by atoms with Gasteiger partial charge in [0.1, 0.15) is 6.23 Å². The number of hydrogen-bond donors (Lipinski definition) is 2. The molecule has 1 unspecified atom stereocenters. The third kappa shape index (κ3) is 4.76. The number of nitrogens with one attached hydrogen (secondary N) is 1. The highest BCUT2D eigenvalue weighted by Gasteiger charge is 2.19. The van der Waals surface area contributed by atoms with Gasteiger partial charge in [0.15, 0.2) is 0 Å². The SMILES string of the molecule is CCc1cnc(Nc2ccc(CCC3CCO[C@H](N)C3)cc2)nc1. The van der Waals surface area contributed by atoms with E-state index < -0.39 is 0 Å². The van der Waals surface area contributed by atoms with Crippen LogP contribution in [0.2, 0.25) is 0 Å². The Hall–Kier alpha value is -1.98. The van der Waals surface area contributed by atoms with Crippen molar-refractivity contribution in [2.75, 3.05) is 11.9 Å². The molecule has 128 valence electrons. The molecule has 1 aromatic carbocycles. The number of aromatic nitrogens is 2. The summed E-state index contributed by atoms with van der Waals surface area (Å²) in [4.78, 5) is 8.65.